The Hall–Kier alpha value is -2.63. The predicted molar refractivity (Wildman–Crippen MR) is 103 cm³/mol. The van der Waals surface area contributed by atoms with Gasteiger partial charge in [-0.1, -0.05) is 11.6 Å². The van der Waals surface area contributed by atoms with E-state index in [1.165, 1.54) is 0 Å². The van der Waals surface area contributed by atoms with Crippen molar-refractivity contribution in [1.82, 2.24) is 9.97 Å². The Morgan fingerprint density at radius 1 is 0.960 bits per heavy atom. The minimum absolute atomic E-state index is 0. The zero-order valence-electron chi connectivity index (χ0n) is 13.0. The molecule has 25 heavy (non-hydrogen) atoms. The number of hydrogen-bond acceptors (Lipinski definition) is 3. The number of furan rings is 1. The van der Waals surface area contributed by atoms with E-state index in [0.29, 0.717) is 11.6 Å². The molecule has 0 radical (unpaired) electrons. The normalized spacial score (nSPS) is 10.6. The van der Waals surface area contributed by atoms with E-state index in [9.17, 15) is 4.79 Å². The summed E-state index contributed by atoms with van der Waals surface area (Å²) in [4.78, 5) is 16.7. The number of hydrogen-bond donors (Lipinski definition) is 3. The smallest absolute Gasteiger partial charge is 0.323 e. The summed E-state index contributed by atoms with van der Waals surface area (Å²) < 4.78 is 5.85. The molecule has 0 saturated heterocycles. The number of anilines is 1. The van der Waals surface area contributed by atoms with Gasteiger partial charge in [0.15, 0.2) is 0 Å². The molecule has 5 nitrogen and oxygen atoms in total. The van der Waals surface area contributed by atoms with Gasteiger partial charge in [0.05, 0.1) is 17.6 Å². The van der Waals surface area contributed by atoms with Crippen LogP contribution < -0.4 is 11.0 Å². The summed E-state index contributed by atoms with van der Waals surface area (Å²) in [5.74, 6) is 1.62. The lowest BCUT2D eigenvalue weighted by Gasteiger charge is -2.04. The zero-order valence-corrected chi connectivity index (χ0v) is 14.6. The summed E-state index contributed by atoms with van der Waals surface area (Å²) in [6.07, 6.45) is 0. The third-order valence-corrected chi connectivity index (χ3v) is 4.03. The topological polar surface area (TPSA) is 73.8 Å². The third-order valence-electron chi connectivity index (χ3n) is 3.77. The number of aromatic amines is 2. The maximum Gasteiger partial charge on any atom is 0.323 e. The second kappa shape index (κ2) is 7.09. The number of aromatic nitrogens is 2. The average molecular weight is 376 g/mol. The number of imidazole rings is 1. The summed E-state index contributed by atoms with van der Waals surface area (Å²) in [5.41, 5.74) is 3.24. The van der Waals surface area contributed by atoms with E-state index < -0.39 is 0 Å². The molecular weight excluding hydrogens is 361 g/mol. The van der Waals surface area contributed by atoms with Gasteiger partial charge in [0.25, 0.3) is 0 Å². The molecule has 4 rings (SSSR count). The van der Waals surface area contributed by atoms with Crippen LogP contribution in [0.25, 0.3) is 22.4 Å². The standard InChI is InChI=1S/C18H14ClN3O2.ClH/c19-12-3-1-11(2-4-12)17-8-6-14(24-17)10-20-13-5-7-15-16(9-13)22-18(23)21-15;/h1-9,20H,10H2,(H2,21,22,23);1H. The van der Waals surface area contributed by atoms with Crippen molar-refractivity contribution in [3.63, 3.8) is 0 Å². The fraction of sp³-hybridized carbons (Fsp3) is 0.0556. The maximum absolute atomic E-state index is 11.3. The van der Waals surface area contributed by atoms with E-state index in [1.807, 2.05) is 54.6 Å². The van der Waals surface area contributed by atoms with Gasteiger partial charge in [-0.3, -0.25) is 0 Å². The number of rotatable bonds is 4. The van der Waals surface area contributed by atoms with Crippen LogP contribution in [0, 0.1) is 0 Å². The van der Waals surface area contributed by atoms with Gasteiger partial charge in [-0.25, -0.2) is 4.79 Å². The first kappa shape index (κ1) is 17.2. The van der Waals surface area contributed by atoms with Gasteiger partial charge < -0.3 is 19.7 Å². The van der Waals surface area contributed by atoms with Crippen molar-refractivity contribution in [1.29, 1.82) is 0 Å². The highest BCUT2D eigenvalue weighted by Gasteiger charge is 2.05. The van der Waals surface area contributed by atoms with Crippen LogP contribution in [-0.2, 0) is 6.54 Å². The fourth-order valence-electron chi connectivity index (χ4n) is 2.57. The molecule has 0 aliphatic carbocycles. The summed E-state index contributed by atoms with van der Waals surface area (Å²) in [6.45, 7) is 0.549. The Labute approximate surface area is 154 Å². The van der Waals surface area contributed by atoms with E-state index >= 15 is 0 Å². The first-order chi connectivity index (χ1) is 11.7. The molecule has 2 aromatic carbocycles. The average Bonchev–Trinajstić information content (AvgIpc) is 3.18. The molecule has 0 aliphatic rings. The molecule has 3 N–H and O–H groups in total. The number of halogens is 2. The monoisotopic (exact) mass is 375 g/mol. The van der Waals surface area contributed by atoms with E-state index in [4.69, 9.17) is 16.0 Å². The number of fused-ring (bicyclic) bond motifs is 1. The Kier molecular flexibility index (Phi) is 4.88. The van der Waals surface area contributed by atoms with Gasteiger partial charge in [0.1, 0.15) is 11.5 Å². The van der Waals surface area contributed by atoms with Crippen LogP contribution in [-0.4, -0.2) is 9.97 Å². The van der Waals surface area contributed by atoms with Crippen LogP contribution >= 0.6 is 24.0 Å². The molecule has 0 unspecified atom stereocenters. The summed E-state index contributed by atoms with van der Waals surface area (Å²) >= 11 is 5.90. The molecule has 7 heteroatoms. The minimum Gasteiger partial charge on any atom is -0.459 e. The molecule has 0 aliphatic heterocycles. The second-order valence-corrected chi connectivity index (χ2v) is 5.90. The quantitative estimate of drug-likeness (QED) is 0.479. The second-order valence-electron chi connectivity index (χ2n) is 5.47. The molecule has 4 aromatic rings. The summed E-state index contributed by atoms with van der Waals surface area (Å²) in [5, 5.41) is 3.98. The van der Waals surface area contributed by atoms with Crippen molar-refractivity contribution >= 4 is 40.7 Å². The van der Waals surface area contributed by atoms with Crippen molar-refractivity contribution in [3.05, 3.63) is 75.9 Å². The molecule has 128 valence electrons. The molecule has 2 aromatic heterocycles. The highest BCUT2D eigenvalue weighted by Crippen LogP contribution is 2.24. The Morgan fingerprint density at radius 2 is 1.72 bits per heavy atom. The molecule has 0 fully saturated rings. The first-order valence-electron chi connectivity index (χ1n) is 7.48. The molecule has 0 bridgehead atoms. The number of H-pyrrole nitrogens is 2. The lowest BCUT2D eigenvalue weighted by molar-refractivity contribution is 0.531. The van der Waals surface area contributed by atoms with Crippen LogP contribution in [0.15, 0.2) is 63.8 Å². The van der Waals surface area contributed by atoms with E-state index in [-0.39, 0.29) is 18.1 Å². The Bertz CT molecular complexity index is 1050. The van der Waals surface area contributed by atoms with E-state index in [0.717, 1.165) is 33.8 Å². The summed E-state index contributed by atoms with van der Waals surface area (Å²) in [7, 11) is 0. The lowest BCUT2D eigenvalue weighted by atomic mass is 10.2. The van der Waals surface area contributed by atoms with Crippen molar-refractivity contribution < 1.29 is 4.42 Å². The van der Waals surface area contributed by atoms with Crippen LogP contribution in [0.5, 0.6) is 0 Å². The first-order valence-corrected chi connectivity index (χ1v) is 7.86. The van der Waals surface area contributed by atoms with Crippen LogP contribution in [0.3, 0.4) is 0 Å². The molecule has 0 amide bonds. The number of nitrogens with one attached hydrogen (secondary N) is 3. The van der Waals surface area contributed by atoms with Crippen molar-refractivity contribution in [3.8, 4) is 11.3 Å². The van der Waals surface area contributed by atoms with Crippen molar-refractivity contribution in [2.24, 2.45) is 0 Å². The minimum atomic E-state index is -0.208. The number of benzene rings is 2. The van der Waals surface area contributed by atoms with Crippen molar-refractivity contribution in [2.75, 3.05) is 5.32 Å². The van der Waals surface area contributed by atoms with E-state index in [2.05, 4.69) is 15.3 Å². The highest BCUT2D eigenvalue weighted by atomic mass is 35.5. The van der Waals surface area contributed by atoms with Gasteiger partial charge in [-0.2, -0.15) is 0 Å². The van der Waals surface area contributed by atoms with Crippen LogP contribution in [0.4, 0.5) is 5.69 Å². The largest absolute Gasteiger partial charge is 0.459 e. The van der Waals surface area contributed by atoms with Gasteiger partial charge in [0.2, 0.25) is 0 Å². The zero-order chi connectivity index (χ0) is 16.5. The molecule has 2 heterocycles. The lowest BCUT2D eigenvalue weighted by Crippen LogP contribution is -1.99. The fourth-order valence-corrected chi connectivity index (χ4v) is 2.70. The van der Waals surface area contributed by atoms with E-state index in [1.54, 1.807) is 0 Å². The van der Waals surface area contributed by atoms with Gasteiger partial charge in [-0.15, -0.1) is 12.4 Å². The van der Waals surface area contributed by atoms with Gasteiger partial charge in [0, 0.05) is 16.3 Å². The van der Waals surface area contributed by atoms with Gasteiger partial charge in [-0.05, 0) is 54.6 Å². The molecular formula is C18H15Cl2N3O2. The molecule has 0 spiro atoms. The van der Waals surface area contributed by atoms with Crippen LogP contribution in [0.2, 0.25) is 5.02 Å². The van der Waals surface area contributed by atoms with Gasteiger partial charge >= 0.3 is 5.69 Å². The molecule has 0 atom stereocenters. The Morgan fingerprint density at radius 3 is 2.52 bits per heavy atom. The van der Waals surface area contributed by atoms with Crippen molar-refractivity contribution in [2.45, 2.75) is 6.54 Å². The Balaban J connectivity index is 0.00000182. The SMILES string of the molecule is Cl.O=c1[nH]c2ccc(NCc3ccc(-c4ccc(Cl)cc4)o3)cc2[nH]1. The predicted octanol–water partition coefficient (Wildman–Crippen LogP) is 4.80. The van der Waals surface area contributed by atoms with Crippen LogP contribution in [0.1, 0.15) is 5.76 Å². The highest BCUT2D eigenvalue weighted by molar-refractivity contribution is 6.30. The maximum atomic E-state index is 11.3. The molecule has 0 saturated carbocycles. The summed E-state index contributed by atoms with van der Waals surface area (Å²) in [6, 6.07) is 17.1. The third kappa shape index (κ3) is 3.73.